The maximum atomic E-state index is 11.1. The summed E-state index contributed by atoms with van der Waals surface area (Å²) < 4.78 is 5.61. The normalized spacial score (nSPS) is 18.9. The highest BCUT2D eigenvalue weighted by Gasteiger charge is 2.20. The first-order valence-corrected chi connectivity index (χ1v) is 6.60. The number of carbonyl (C=O) groups excluding carboxylic acids is 1. The van der Waals surface area contributed by atoms with E-state index in [-0.39, 0.29) is 18.6 Å². The molecule has 0 bridgehead atoms. The molecule has 0 aromatic heterocycles. The van der Waals surface area contributed by atoms with Crippen molar-refractivity contribution in [3.63, 3.8) is 0 Å². The number of nitrogen functional groups attached to an aromatic ring is 1. The Kier molecular flexibility index (Phi) is 4.76. The molecule has 1 atom stereocenters. The van der Waals surface area contributed by atoms with Crippen molar-refractivity contribution in [2.45, 2.75) is 25.5 Å². The Balaban J connectivity index is 1.95. The van der Waals surface area contributed by atoms with Gasteiger partial charge in [-0.15, -0.1) is 0 Å². The van der Waals surface area contributed by atoms with Crippen LogP contribution in [-0.4, -0.2) is 36.6 Å². The molecule has 4 N–H and O–H groups in total. The SMILES string of the molecule is NC(=O)CN(Cc1ccc(N)cc1)CC1CCCO1. The number of nitrogens with two attached hydrogens (primary N) is 2. The molecule has 1 heterocycles. The standard InChI is InChI=1S/C14H21N3O2/c15-12-5-3-11(4-6-12)8-17(10-14(16)18)9-13-2-1-7-19-13/h3-6,13H,1-2,7-10,15H2,(H2,16,18). The van der Waals surface area contributed by atoms with Crippen LogP contribution in [0.4, 0.5) is 5.69 Å². The van der Waals surface area contributed by atoms with E-state index in [9.17, 15) is 4.79 Å². The Morgan fingerprint density at radius 2 is 2.11 bits per heavy atom. The fraction of sp³-hybridized carbons (Fsp3) is 0.500. The van der Waals surface area contributed by atoms with Gasteiger partial charge in [-0.1, -0.05) is 12.1 Å². The van der Waals surface area contributed by atoms with Gasteiger partial charge in [-0.05, 0) is 30.5 Å². The van der Waals surface area contributed by atoms with Crippen molar-refractivity contribution in [3.8, 4) is 0 Å². The summed E-state index contributed by atoms with van der Waals surface area (Å²) >= 11 is 0. The molecule has 1 unspecified atom stereocenters. The lowest BCUT2D eigenvalue weighted by atomic mass is 10.1. The van der Waals surface area contributed by atoms with Crippen molar-refractivity contribution in [1.82, 2.24) is 4.90 Å². The quantitative estimate of drug-likeness (QED) is 0.742. The number of nitrogens with zero attached hydrogens (tertiary/aromatic N) is 1. The van der Waals surface area contributed by atoms with Gasteiger partial charge in [-0.2, -0.15) is 0 Å². The van der Waals surface area contributed by atoms with Gasteiger partial charge in [0, 0.05) is 25.4 Å². The van der Waals surface area contributed by atoms with Crippen molar-refractivity contribution >= 4 is 11.6 Å². The summed E-state index contributed by atoms with van der Waals surface area (Å²) in [6, 6.07) is 7.67. The molecule has 1 amide bonds. The number of amides is 1. The predicted molar refractivity (Wildman–Crippen MR) is 74.3 cm³/mol. The van der Waals surface area contributed by atoms with Crippen LogP contribution in [-0.2, 0) is 16.1 Å². The molecule has 1 aromatic carbocycles. The number of primary amides is 1. The third kappa shape index (κ3) is 4.54. The van der Waals surface area contributed by atoms with Crippen molar-refractivity contribution in [2.75, 3.05) is 25.4 Å². The Bertz CT molecular complexity index is 413. The van der Waals surface area contributed by atoms with Crippen LogP contribution in [0.2, 0.25) is 0 Å². The zero-order valence-electron chi connectivity index (χ0n) is 11.0. The average Bonchev–Trinajstić information content (AvgIpc) is 2.84. The van der Waals surface area contributed by atoms with E-state index >= 15 is 0 Å². The Labute approximate surface area is 113 Å². The highest BCUT2D eigenvalue weighted by molar-refractivity contribution is 5.75. The van der Waals surface area contributed by atoms with Crippen LogP contribution < -0.4 is 11.5 Å². The molecule has 0 spiro atoms. The number of carbonyl (C=O) groups is 1. The Hall–Kier alpha value is -1.59. The van der Waals surface area contributed by atoms with Crippen LogP contribution in [0.5, 0.6) is 0 Å². The maximum Gasteiger partial charge on any atom is 0.231 e. The van der Waals surface area contributed by atoms with E-state index in [1.165, 1.54) is 0 Å². The Morgan fingerprint density at radius 3 is 2.68 bits per heavy atom. The van der Waals surface area contributed by atoms with Gasteiger partial charge in [0.2, 0.25) is 5.91 Å². The molecule has 2 rings (SSSR count). The molecule has 5 heteroatoms. The van der Waals surface area contributed by atoms with E-state index in [1.807, 2.05) is 29.2 Å². The smallest absolute Gasteiger partial charge is 0.231 e. The first-order chi connectivity index (χ1) is 9.13. The Morgan fingerprint density at radius 1 is 1.37 bits per heavy atom. The molecule has 0 radical (unpaired) electrons. The number of anilines is 1. The van der Waals surface area contributed by atoms with Gasteiger partial charge < -0.3 is 16.2 Å². The minimum Gasteiger partial charge on any atom is -0.399 e. The molecule has 0 saturated carbocycles. The predicted octanol–water partition coefficient (Wildman–Crippen LogP) is 0.735. The van der Waals surface area contributed by atoms with Crippen molar-refractivity contribution < 1.29 is 9.53 Å². The van der Waals surface area contributed by atoms with Gasteiger partial charge in [0.1, 0.15) is 0 Å². The second-order valence-electron chi connectivity index (χ2n) is 5.01. The molecule has 1 aromatic rings. The first kappa shape index (κ1) is 13.8. The summed E-state index contributed by atoms with van der Waals surface area (Å²) in [5.41, 5.74) is 12.8. The van der Waals surface area contributed by atoms with Crippen molar-refractivity contribution in [2.24, 2.45) is 5.73 Å². The van der Waals surface area contributed by atoms with Gasteiger partial charge in [0.05, 0.1) is 12.6 Å². The van der Waals surface area contributed by atoms with Gasteiger partial charge in [-0.3, -0.25) is 9.69 Å². The summed E-state index contributed by atoms with van der Waals surface area (Å²) in [6.07, 6.45) is 2.36. The first-order valence-electron chi connectivity index (χ1n) is 6.60. The minimum atomic E-state index is -0.312. The summed E-state index contributed by atoms with van der Waals surface area (Å²) in [5.74, 6) is -0.312. The minimum absolute atomic E-state index is 0.216. The number of hydrogen-bond donors (Lipinski definition) is 2. The summed E-state index contributed by atoms with van der Waals surface area (Å²) in [5, 5.41) is 0. The van der Waals surface area contributed by atoms with E-state index in [2.05, 4.69) is 0 Å². The van der Waals surface area contributed by atoms with Gasteiger partial charge in [-0.25, -0.2) is 0 Å². The number of rotatable bonds is 6. The second kappa shape index (κ2) is 6.54. The third-order valence-corrected chi connectivity index (χ3v) is 3.25. The summed E-state index contributed by atoms with van der Waals surface area (Å²) in [6.45, 7) is 2.50. The fourth-order valence-corrected chi connectivity index (χ4v) is 2.36. The molecular formula is C14H21N3O2. The molecule has 19 heavy (non-hydrogen) atoms. The largest absolute Gasteiger partial charge is 0.399 e. The zero-order valence-corrected chi connectivity index (χ0v) is 11.0. The van der Waals surface area contributed by atoms with E-state index in [1.54, 1.807) is 0 Å². The molecular weight excluding hydrogens is 242 g/mol. The van der Waals surface area contributed by atoms with Crippen LogP contribution in [0.1, 0.15) is 18.4 Å². The van der Waals surface area contributed by atoms with Crippen molar-refractivity contribution in [3.05, 3.63) is 29.8 Å². The van der Waals surface area contributed by atoms with Gasteiger partial charge >= 0.3 is 0 Å². The lowest BCUT2D eigenvalue weighted by Crippen LogP contribution is -2.38. The second-order valence-corrected chi connectivity index (χ2v) is 5.01. The molecule has 104 valence electrons. The van der Waals surface area contributed by atoms with Crippen LogP contribution in [0.15, 0.2) is 24.3 Å². The lowest BCUT2D eigenvalue weighted by Gasteiger charge is -2.24. The number of hydrogen-bond acceptors (Lipinski definition) is 4. The van der Waals surface area contributed by atoms with E-state index in [4.69, 9.17) is 16.2 Å². The lowest BCUT2D eigenvalue weighted by molar-refractivity contribution is -0.119. The van der Waals surface area contributed by atoms with Crippen LogP contribution in [0.25, 0.3) is 0 Å². The molecule has 0 aliphatic carbocycles. The molecule has 1 fully saturated rings. The molecule has 1 aliphatic heterocycles. The van der Waals surface area contributed by atoms with E-state index in [0.29, 0.717) is 6.54 Å². The number of ether oxygens (including phenoxy) is 1. The highest BCUT2D eigenvalue weighted by atomic mass is 16.5. The van der Waals surface area contributed by atoms with Gasteiger partial charge in [0.25, 0.3) is 0 Å². The molecule has 1 saturated heterocycles. The van der Waals surface area contributed by atoms with Crippen molar-refractivity contribution in [1.29, 1.82) is 0 Å². The zero-order chi connectivity index (χ0) is 13.7. The summed E-state index contributed by atoms with van der Waals surface area (Å²) in [4.78, 5) is 13.2. The topological polar surface area (TPSA) is 81.6 Å². The molecule has 5 nitrogen and oxygen atoms in total. The van der Waals surface area contributed by atoms with Crippen LogP contribution in [0.3, 0.4) is 0 Å². The third-order valence-electron chi connectivity index (χ3n) is 3.25. The van der Waals surface area contributed by atoms with Crippen LogP contribution in [0, 0.1) is 0 Å². The number of benzene rings is 1. The van der Waals surface area contributed by atoms with E-state index < -0.39 is 0 Å². The van der Waals surface area contributed by atoms with Gasteiger partial charge in [0.15, 0.2) is 0 Å². The van der Waals surface area contributed by atoms with Crippen LogP contribution >= 0.6 is 0 Å². The maximum absolute atomic E-state index is 11.1. The average molecular weight is 263 g/mol. The summed E-state index contributed by atoms with van der Waals surface area (Å²) in [7, 11) is 0. The fourth-order valence-electron chi connectivity index (χ4n) is 2.36. The molecule has 1 aliphatic rings. The monoisotopic (exact) mass is 263 g/mol. The van der Waals surface area contributed by atoms with E-state index in [0.717, 1.165) is 37.2 Å². The highest BCUT2D eigenvalue weighted by Crippen LogP contribution is 2.15.